The number of hydrogen-bond acceptors (Lipinski definition) is 1. The second-order valence-electron chi connectivity index (χ2n) is 7.91. The van der Waals surface area contributed by atoms with Gasteiger partial charge in [-0.2, -0.15) is 0 Å². The molecule has 0 aromatic rings. The van der Waals surface area contributed by atoms with Crippen LogP contribution in [0.1, 0.15) is 60.3 Å². The number of hydrogen-bond donors (Lipinski definition) is 0. The molecular weight excluding hydrogens is 256 g/mol. The lowest BCUT2D eigenvalue weighted by Crippen LogP contribution is -2.29. The van der Waals surface area contributed by atoms with Crippen LogP contribution in [-0.2, 0) is 4.79 Å². The number of allylic oxidation sites excluding steroid dienone is 6. The average molecular weight is 286 g/mol. The lowest BCUT2D eigenvalue weighted by atomic mass is 9.69. The van der Waals surface area contributed by atoms with E-state index in [0.29, 0.717) is 17.8 Å². The highest BCUT2D eigenvalue weighted by atomic mass is 16.1. The minimum Gasteiger partial charge on any atom is -0.294 e. The average Bonchev–Trinajstić information content (AvgIpc) is 2.29. The van der Waals surface area contributed by atoms with Crippen molar-refractivity contribution in [1.29, 1.82) is 0 Å². The summed E-state index contributed by atoms with van der Waals surface area (Å²) in [5, 5.41) is 0. The minimum absolute atomic E-state index is 0.279. The number of carbonyl (C=O) groups excluding carboxylic acids is 1. The largest absolute Gasteiger partial charge is 0.294 e. The van der Waals surface area contributed by atoms with Gasteiger partial charge < -0.3 is 0 Å². The van der Waals surface area contributed by atoms with Crippen LogP contribution >= 0.6 is 0 Å². The first kappa shape index (κ1) is 16.3. The second kappa shape index (κ2) is 6.34. The summed E-state index contributed by atoms with van der Waals surface area (Å²) in [4.78, 5) is 12.7. The molecule has 0 amide bonds. The molecule has 21 heavy (non-hydrogen) atoms. The molecule has 3 rings (SSSR count). The highest BCUT2D eigenvalue weighted by molar-refractivity contribution is 5.96. The molecule has 0 aromatic carbocycles. The first-order valence-electron chi connectivity index (χ1n) is 8.41. The van der Waals surface area contributed by atoms with Crippen LogP contribution in [-0.4, -0.2) is 5.78 Å². The van der Waals surface area contributed by atoms with Crippen LogP contribution in [0.4, 0.5) is 0 Å². The summed E-state index contributed by atoms with van der Waals surface area (Å²) < 4.78 is 0. The maximum atomic E-state index is 12.7. The van der Waals surface area contributed by atoms with Crippen LogP contribution in [0.5, 0.6) is 0 Å². The summed E-state index contributed by atoms with van der Waals surface area (Å²) in [6.07, 6.45) is 12.9. The molecule has 2 bridgehead atoms. The normalized spacial score (nSPS) is 30.3. The van der Waals surface area contributed by atoms with Gasteiger partial charge in [-0.1, -0.05) is 57.1 Å². The zero-order valence-corrected chi connectivity index (χ0v) is 14.3. The Morgan fingerprint density at radius 3 is 2.62 bits per heavy atom. The number of carbonyl (C=O) groups is 1. The number of fused-ring (bicyclic) bond motifs is 4. The Bertz CT molecular complexity index is 482. The van der Waals surface area contributed by atoms with Crippen molar-refractivity contribution in [3.05, 3.63) is 35.5 Å². The lowest BCUT2D eigenvalue weighted by molar-refractivity contribution is -0.121. The van der Waals surface area contributed by atoms with E-state index in [9.17, 15) is 4.79 Å². The molecule has 0 heterocycles. The third-order valence-corrected chi connectivity index (χ3v) is 4.68. The van der Waals surface area contributed by atoms with Crippen LogP contribution in [0.2, 0.25) is 0 Å². The third kappa shape index (κ3) is 4.18. The van der Waals surface area contributed by atoms with Crippen molar-refractivity contribution in [3.8, 4) is 0 Å². The van der Waals surface area contributed by atoms with E-state index in [4.69, 9.17) is 0 Å². The zero-order chi connectivity index (χ0) is 15.6. The van der Waals surface area contributed by atoms with E-state index in [-0.39, 0.29) is 11.2 Å². The van der Waals surface area contributed by atoms with Gasteiger partial charge in [0.05, 0.1) is 0 Å². The summed E-state index contributed by atoms with van der Waals surface area (Å²) in [6, 6.07) is 0. The van der Waals surface area contributed by atoms with Crippen LogP contribution < -0.4 is 0 Å². The van der Waals surface area contributed by atoms with E-state index in [1.807, 2.05) is 6.08 Å². The fraction of sp³-hybridized carbons (Fsp3) is 0.650. The molecule has 1 heteroatoms. The third-order valence-electron chi connectivity index (χ3n) is 4.68. The van der Waals surface area contributed by atoms with Crippen LogP contribution in [0.15, 0.2) is 35.5 Å². The Morgan fingerprint density at radius 1 is 1.33 bits per heavy atom. The molecule has 0 spiro atoms. The predicted octanol–water partition coefficient (Wildman–Crippen LogP) is 5.49. The minimum atomic E-state index is -0.314. The maximum Gasteiger partial charge on any atom is 0.165 e. The molecule has 3 unspecified atom stereocenters. The zero-order valence-electron chi connectivity index (χ0n) is 14.3. The van der Waals surface area contributed by atoms with E-state index in [1.165, 1.54) is 5.57 Å². The smallest absolute Gasteiger partial charge is 0.165 e. The molecule has 3 atom stereocenters. The summed E-state index contributed by atoms with van der Waals surface area (Å²) in [7, 11) is 0. The van der Waals surface area contributed by atoms with Gasteiger partial charge in [0.25, 0.3) is 0 Å². The van der Waals surface area contributed by atoms with E-state index in [0.717, 1.165) is 25.7 Å². The van der Waals surface area contributed by atoms with Gasteiger partial charge in [-0.25, -0.2) is 0 Å². The molecule has 1 nitrogen and oxygen atoms in total. The van der Waals surface area contributed by atoms with Gasteiger partial charge in [-0.15, -0.1) is 0 Å². The molecule has 3 aliphatic carbocycles. The lowest BCUT2D eigenvalue weighted by Gasteiger charge is -2.34. The summed E-state index contributed by atoms with van der Waals surface area (Å²) in [5.74, 6) is 1.93. The first-order chi connectivity index (χ1) is 9.78. The summed E-state index contributed by atoms with van der Waals surface area (Å²) in [6.45, 7) is 11.0. The van der Waals surface area contributed by atoms with Gasteiger partial charge >= 0.3 is 0 Å². The van der Waals surface area contributed by atoms with Crippen LogP contribution in [0, 0.1) is 23.2 Å². The Hall–Kier alpha value is -1.11. The molecule has 0 radical (unpaired) electrons. The highest BCUT2D eigenvalue weighted by Gasteiger charge is 2.34. The van der Waals surface area contributed by atoms with Crippen molar-refractivity contribution < 1.29 is 4.79 Å². The SMILES string of the molecule is CC(C)CC(C)C=CC(=O)C1(C)C=C2CC(=CC(C)C1)C2. The highest BCUT2D eigenvalue weighted by Crippen LogP contribution is 2.43. The molecule has 0 aliphatic heterocycles. The van der Waals surface area contributed by atoms with E-state index < -0.39 is 0 Å². The maximum absolute atomic E-state index is 12.7. The Morgan fingerprint density at radius 2 is 2.00 bits per heavy atom. The molecule has 0 saturated heterocycles. The number of ketones is 1. The Balaban J connectivity index is 2.08. The van der Waals surface area contributed by atoms with E-state index in [1.54, 1.807) is 5.57 Å². The molecule has 116 valence electrons. The van der Waals surface area contributed by atoms with Crippen molar-refractivity contribution >= 4 is 5.78 Å². The van der Waals surface area contributed by atoms with Gasteiger partial charge in [-0.3, -0.25) is 4.79 Å². The molecule has 0 aromatic heterocycles. The quantitative estimate of drug-likeness (QED) is 0.482. The monoisotopic (exact) mass is 286 g/mol. The standard InChI is InChI=1S/C20H30O/c1-14(2)8-15(3)6-7-19(21)20(5)12-16(4)9-17-10-18(11-17)13-20/h6-7,9,13-16H,8,10-12H2,1-5H3. The fourth-order valence-corrected chi connectivity index (χ4v) is 3.83. The molecule has 3 aliphatic rings. The second-order valence-corrected chi connectivity index (χ2v) is 7.91. The molecule has 0 N–H and O–H groups in total. The van der Waals surface area contributed by atoms with Crippen molar-refractivity contribution in [2.24, 2.45) is 23.2 Å². The van der Waals surface area contributed by atoms with Crippen LogP contribution in [0.3, 0.4) is 0 Å². The molecule has 1 saturated carbocycles. The number of rotatable bonds is 5. The Labute approximate surface area is 130 Å². The van der Waals surface area contributed by atoms with E-state index >= 15 is 0 Å². The Kier molecular flexibility index (Phi) is 4.91. The van der Waals surface area contributed by atoms with Crippen molar-refractivity contribution in [3.63, 3.8) is 0 Å². The van der Waals surface area contributed by atoms with Gasteiger partial charge in [0, 0.05) is 5.41 Å². The van der Waals surface area contributed by atoms with Gasteiger partial charge in [0.15, 0.2) is 5.78 Å². The molecular formula is C20H30O. The fourth-order valence-electron chi connectivity index (χ4n) is 3.83. The summed E-state index contributed by atoms with van der Waals surface area (Å²) >= 11 is 0. The van der Waals surface area contributed by atoms with Gasteiger partial charge in [-0.05, 0) is 56.4 Å². The summed E-state index contributed by atoms with van der Waals surface area (Å²) in [5.41, 5.74) is 2.70. The van der Waals surface area contributed by atoms with Gasteiger partial charge in [0.2, 0.25) is 0 Å². The first-order valence-corrected chi connectivity index (χ1v) is 8.41. The van der Waals surface area contributed by atoms with Crippen molar-refractivity contribution in [1.82, 2.24) is 0 Å². The van der Waals surface area contributed by atoms with Crippen molar-refractivity contribution in [2.45, 2.75) is 60.3 Å². The van der Waals surface area contributed by atoms with Crippen molar-refractivity contribution in [2.75, 3.05) is 0 Å². The van der Waals surface area contributed by atoms with E-state index in [2.05, 4.69) is 52.8 Å². The van der Waals surface area contributed by atoms with Gasteiger partial charge in [0.1, 0.15) is 0 Å². The predicted molar refractivity (Wildman–Crippen MR) is 90.1 cm³/mol. The van der Waals surface area contributed by atoms with Crippen LogP contribution in [0.25, 0.3) is 0 Å². The molecule has 1 fully saturated rings. The topological polar surface area (TPSA) is 17.1 Å².